The van der Waals surface area contributed by atoms with E-state index >= 15 is 0 Å². The molecular formula is C19H27ClN2O3. The summed E-state index contributed by atoms with van der Waals surface area (Å²) in [5.41, 5.74) is 1.10. The van der Waals surface area contributed by atoms with Gasteiger partial charge < -0.3 is 14.4 Å². The maximum Gasteiger partial charge on any atom is 0.239 e. The van der Waals surface area contributed by atoms with E-state index in [1.165, 1.54) is 0 Å². The second-order valence-electron chi connectivity index (χ2n) is 7.08. The number of rotatable bonds is 3. The number of ether oxygens (including phenoxy) is 2. The van der Waals surface area contributed by atoms with Crippen molar-refractivity contribution in [2.24, 2.45) is 0 Å². The number of amides is 1. The summed E-state index contributed by atoms with van der Waals surface area (Å²) >= 11 is 5.97. The third-order valence-electron chi connectivity index (χ3n) is 4.98. The van der Waals surface area contributed by atoms with Crippen LogP contribution in [0.4, 0.5) is 0 Å². The minimum Gasteiger partial charge on any atom is -0.372 e. The number of hydrogen-bond donors (Lipinski definition) is 0. The molecule has 1 amide bonds. The van der Waals surface area contributed by atoms with Crippen LogP contribution in [0.5, 0.6) is 0 Å². The molecule has 25 heavy (non-hydrogen) atoms. The topological polar surface area (TPSA) is 42.0 Å². The van der Waals surface area contributed by atoms with E-state index in [1.807, 2.05) is 49.9 Å². The second kappa shape index (κ2) is 8.04. The Morgan fingerprint density at radius 1 is 1.16 bits per heavy atom. The molecule has 1 aromatic carbocycles. The van der Waals surface area contributed by atoms with Crippen molar-refractivity contribution in [2.75, 3.05) is 32.8 Å². The van der Waals surface area contributed by atoms with Crippen LogP contribution < -0.4 is 0 Å². The summed E-state index contributed by atoms with van der Waals surface area (Å²) < 4.78 is 11.7. The van der Waals surface area contributed by atoms with E-state index in [9.17, 15) is 4.79 Å². The predicted octanol–water partition coefficient (Wildman–Crippen LogP) is 2.74. The van der Waals surface area contributed by atoms with Gasteiger partial charge in [0.1, 0.15) is 0 Å². The quantitative estimate of drug-likeness (QED) is 0.825. The van der Waals surface area contributed by atoms with Crippen LogP contribution in [0.25, 0.3) is 0 Å². The van der Waals surface area contributed by atoms with Crippen molar-refractivity contribution in [3.05, 3.63) is 34.9 Å². The molecule has 0 aromatic heterocycles. The zero-order chi connectivity index (χ0) is 18.0. The molecule has 0 unspecified atom stereocenters. The molecule has 138 valence electrons. The van der Waals surface area contributed by atoms with Gasteiger partial charge in [-0.2, -0.15) is 0 Å². The molecule has 6 heteroatoms. The lowest BCUT2D eigenvalue weighted by atomic mass is 10.1. The molecule has 0 N–H and O–H groups in total. The first-order valence-electron chi connectivity index (χ1n) is 8.99. The fourth-order valence-corrected chi connectivity index (χ4v) is 3.80. The molecule has 2 heterocycles. The highest BCUT2D eigenvalue weighted by Gasteiger charge is 2.33. The van der Waals surface area contributed by atoms with E-state index in [-0.39, 0.29) is 30.3 Å². The molecule has 2 aliphatic rings. The number of hydrogen-bond acceptors (Lipinski definition) is 4. The van der Waals surface area contributed by atoms with Crippen LogP contribution in [0.3, 0.4) is 0 Å². The van der Waals surface area contributed by atoms with E-state index in [4.69, 9.17) is 21.1 Å². The summed E-state index contributed by atoms with van der Waals surface area (Å²) in [6.45, 7) is 9.48. The van der Waals surface area contributed by atoms with Crippen LogP contribution in [-0.4, -0.2) is 66.7 Å². The molecule has 4 atom stereocenters. The third-order valence-corrected chi connectivity index (χ3v) is 5.23. The van der Waals surface area contributed by atoms with E-state index in [1.54, 1.807) is 0 Å². The van der Waals surface area contributed by atoms with Crippen molar-refractivity contribution in [1.29, 1.82) is 0 Å². The molecule has 0 radical (unpaired) electrons. The number of carbonyl (C=O) groups is 1. The Balaban J connectivity index is 1.64. The number of morpholine rings is 2. The Morgan fingerprint density at radius 2 is 1.80 bits per heavy atom. The van der Waals surface area contributed by atoms with Crippen LogP contribution in [0.15, 0.2) is 24.3 Å². The lowest BCUT2D eigenvalue weighted by molar-refractivity contribution is -0.151. The monoisotopic (exact) mass is 366 g/mol. The number of benzene rings is 1. The highest BCUT2D eigenvalue weighted by molar-refractivity contribution is 6.30. The minimum atomic E-state index is -0.156. The highest BCUT2D eigenvalue weighted by atomic mass is 35.5. The normalized spacial score (nSPS) is 29.4. The predicted molar refractivity (Wildman–Crippen MR) is 97.8 cm³/mol. The van der Waals surface area contributed by atoms with Gasteiger partial charge in [0.25, 0.3) is 0 Å². The first-order valence-corrected chi connectivity index (χ1v) is 9.37. The molecule has 0 bridgehead atoms. The van der Waals surface area contributed by atoms with Crippen molar-refractivity contribution in [3.8, 4) is 0 Å². The first kappa shape index (κ1) is 18.6. The van der Waals surface area contributed by atoms with Crippen molar-refractivity contribution in [2.45, 2.75) is 45.1 Å². The lowest BCUT2D eigenvalue weighted by Crippen LogP contribution is -2.56. The average molecular weight is 367 g/mol. The van der Waals surface area contributed by atoms with Gasteiger partial charge in [0, 0.05) is 31.2 Å². The Kier molecular flexibility index (Phi) is 6.00. The molecule has 0 saturated carbocycles. The van der Waals surface area contributed by atoms with E-state index in [2.05, 4.69) is 4.90 Å². The number of halogens is 1. The SMILES string of the molecule is C[C@H](C(=O)N1C[C@H](C)O[C@@H](C)C1)N1CCO[C@H](c2ccc(Cl)cc2)C1. The van der Waals surface area contributed by atoms with Crippen molar-refractivity contribution in [3.63, 3.8) is 0 Å². The van der Waals surface area contributed by atoms with E-state index in [0.717, 1.165) is 17.1 Å². The summed E-state index contributed by atoms with van der Waals surface area (Å²) in [6, 6.07) is 7.59. The summed E-state index contributed by atoms with van der Waals surface area (Å²) in [4.78, 5) is 17.1. The van der Waals surface area contributed by atoms with Gasteiger partial charge in [-0.15, -0.1) is 0 Å². The van der Waals surface area contributed by atoms with Crippen LogP contribution in [0, 0.1) is 0 Å². The lowest BCUT2D eigenvalue weighted by Gasteiger charge is -2.41. The smallest absolute Gasteiger partial charge is 0.239 e. The van der Waals surface area contributed by atoms with Gasteiger partial charge in [-0.1, -0.05) is 23.7 Å². The van der Waals surface area contributed by atoms with Crippen LogP contribution in [-0.2, 0) is 14.3 Å². The first-order chi connectivity index (χ1) is 11.9. The van der Waals surface area contributed by atoms with Gasteiger partial charge in [0.15, 0.2) is 0 Å². The van der Waals surface area contributed by atoms with Crippen LogP contribution >= 0.6 is 11.6 Å². The molecular weight excluding hydrogens is 340 g/mol. The molecule has 0 spiro atoms. The van der Waals surface area contributed by atoms with Crippen molar-refractivity contribution in [1.82, 2.24) is 9.80 Å². The van der Waals surface area contributed by atoms with Gasteiger partial charge in [0.2, 0.25) is 5.91 Å². The molecule has 0 aliphatic carbocycles. The standard InChI is InChI=1S/C19H27ClN2O3/c1-13-10-22(11-14(2)25-13)19(23)15(3)21-8-9-24-18(12-21)16-4-6-17(20)7-5-16/h4-7,13-15,18H,8-12H2,1-3H3/t13-,14-,15+,18-/m0/s1. The zero-order valence-electron chi connectivity index (χ0n) is 15.2. The van der Waals surface area contributed by atoms with Gasteiger partial charge in [0.05, 0.1) is 31.0 Å². The number of carbonyl (C=O) groups excluding carboxylic acids is 1. The van der Waals surface area contributed by atoms with Gasteiger partial charge in [-0.05, 0) is 38.5 Å². The summed E-state index contributed by atoms with van der Waals surface area (Å²) in [5.74, 6) is 0.179. The Labute approximate surface area is 154 Å². The average Bonchev–Trinajstić information content (AvgIpc) is 2.60. The zero-order valence-corrected chi connectivity index (χ0v) is 15.9. The highest BCUT2D eigenvalue weighted by Crippen LogP contribution is 2.25. The summed E-state index contributed by atoms with van der Waals surface area (Å²) in [5, 5.41) is 0.718. The minimum absolute atomic E-state index is 0.0243. The van der Waals surface area contributed by atoms with Crippen LogP contribution in [0.1, 0.15) is 32.4 Å². The summed E-state index contributed by atoms with van der Waals surface area (Å²) in [7, 11) is 0. The van der Waals surface area contributed by atoms with Crippen molar-refractivity contribution < 1.29 is 14.3 Å². The largest absolute Gasteiger partial charge is 0.372 e. The Bertz CT molecular complexity index is 585. The van der Waals surface area contributed by atoms with E-state index < -0.39 is 0 Å². The fraction of sp³-hybridized carbons (Fsp3) is 0.632. The van der Waals surface area contributed by atoms with Crippen molar-refractivity contribution >= 4 is 17.5 Å². The maximum atomic E-state index is 12.9. The fourth-order valence-electron chi connectivity index (χ4n) is 3.68. The molecule has 2 aliphatic heterocycles. The molecule has 3 rings (SSSR count). The molecule has 2 fully saturated rings. The number of nitrogens with zero attached hydrogens (tertiary/aromatic N) is 2. The van der Waals surface area contributed by atoms with E-state index in [0.29, 0.717) is 26.2 Å². The Morgan fingerprint density at radius 3 is 2.44 bits per heavy atom. The molecule has 2 saturated heterocycles. The van der Waals surface area contributed by atoms with Gasteiger partial charge in [-0.25, -0.2) is 0 Å². The van der Waals surface area contributed by atoms with Gasteiger partial charge in [-0.3, -0.25) is 9.69 Å². The maximum absolute atomic E-state index is 12.9. The Hall–Kier alpha value is -1.14. The van der Waals surface area contributed by atoms with Crippen LogP contribution in [0.2, 0.25) is 5.02 Å². The third kappa shape index (κ3) is 4.53. The molecule has 5 nitrogen and oxygen atoms in total. The van der Waals surface area contributed by atoms with Gasteiger partial charge >= 0.3 is 0 Å². The second-order valence-corrected chi connectivity index (χ2v) is 7.52. The summed E-state index contributed by atoms with van der Waals surface area (Å²) in [6.07, 6.45) is 0.154. The molecule has 1 aromatic rings.